The second kappa shape index (κ2) is 4.26. The van der Waals surface area contributed by atoms with Gasteiger partial charge >= 0.3 is 5.97 Å². The summed E-state index contributed by atoms with van der Waals surface area (Å²) in [6, 6.07) is 3.00. The second-order valence-electron chi connectivity index (χ2n) is 4.47. The summed E-state index contributed by atoms with van der Waals surface area (Å²) >= 11 is 3.15. The molecule has 3 rings (SSSR count). The molecule has 0 radical (unpaired) electrons. The lowest BCUT2D eigenvalue weighted by atomic mass is 10.2. The Balaban J connectivity index is 2.31. The average Bonchev–Trinajstić information content (AvgIpc) is 3.09. The van der Waals surface area contributed by atoms with Crippen molar-refractivity contribution in [3.05, 3.63) is 28.0 Å². The Bertz CT molecular complexity index is 680. The van der Waals surface area contributed by atoms with E-state index in [1.165, 1.54) is 10.6 Å². The van der Waals surface area contributed by atoms with Gasteiger partial charge in [0.2, 0.25) is 0 Å². The molecule has 2 aromatic rings. The van der Waals surface area contributed by atoms with Crippen LogP contribution in [0.2, 0.25) is 0 Å². The number of fused-ring (bicyclic) bond motifs is 1. The number of aromatic nitrogens is 2. The van der Waals surface area contributed by atoms with Crippen molar-refractivity contribution in [3.8, 4) is 0 Å². The zero-order valence-corrected chi connectivity index (χ0v) is 11.2. The minimum atomic E-state index is -2.67. The number of hydrogen-bond acceptors (Lipinski definition) is 2. The van der Waals surface area contributed by atoms with E-state index in [9.17, 15) is 13.6 Å². The van der Waals surface area contributed by atoms with Gasteiger partial charge in [-0.2, -0.15) is 0 Å². The van der Waals surface area contributed by atoms with Gasteiger partial charge in [0.25, 0.3) is 6.43 Å². The van der Waals surface area contributed by atoms with Gasteiger partial charge in [0.05, 0.1) is 15.6 Å². The van der Waals surface area contributed by atoms with Crippen molar-refractivity contribution >= 4 is 32.9 Å². The third-order valence-electron chi connectivity index (χ3n) is 3.17. The number of benzene rings is 1. The molecule has 0 aliphatic heterocycles. The molecule has 1 aliphatic carbocycles. The topological polar surface area (TPSA) is 55.1 Å². The molecule has 0 atom stereocenters. The SMILES string of the molecule is O=C(O)c1ccc2c(nc(C(F)F)n2C2CC2)c1Br. The Morgan fingerprint density at radius 2 is 2.16 bits per heavy atom. The predicted molar refractivity (Wildman–Crippen MR) is 67.6 cm³/mol. The van der Waals surface area contributed by atoms with Gasteiger partial charge in [-0.05, 0) is 40.9 Å². The minimum absolute atomic E-state index is 0.0220. The molecular formula is C12H9BrF2N2O2. The molecule has 0 amide bonds. The summed E-state index contributed by atoms with van der Waals surface area (Å²) in [4.78, 5) is 14.9. The van der Waals surface area contributed by atoms with Gasteiger partial charge < -0.3 is 9.67 Å². The zero-order chi connectivity index (χ0) is 13.7. The molecule has 1 aromatic carbocycles. The summed E-state index contributed by atoms with van der Waals surface area (Å²) in [7, 11) is 0. The Morgan fingerprint density at radius 1 is 1.47 bits per heavy atom. The highest BCUT2D eigenvalue weighted by Crippen LogP contribution is 2.42. The van der Waals surface area contributed by atoms with Crippen molar-refractivity contribution < 1.29 is 18.7 Å². The molecule has 1 saturated carbocycles. The Hall–Kier alpha value is -1.50. The number of carboxylic acid groups (broad SMARTS) is 1. The number of carboxylic acids is 1. The van der Waals surface area contributed by atoms with E-state index in [4.69, 9.17) is 5.11 Å². The second-order valence-corrected chi connectivity index (χ2v) is 5.26. The summed E-state index contributed by atoms with van der Waals surface area (Å²) in [5, 5.41) is 9.02. The summed E-state index contributed by atoms with van der Waals surface area (Å²) in [5.74, 6) is -1.41. The fourth-order valence-corrected chi connectivity index (χ4v) is 2.78. The molecule has 0 saturated heterocycles. The van der Waals surface area contributed by atoms with Gasteiger partial charge in [-0.1, -0.05) is 0 Å². The van der Waals surface area contributed by atoms with Crippen molar-refractivity contribution in [1.29, 1.82) is 0 Å². The standard InChI is InChI=1S/C12H9BrF2N2O2/c13-8-6(12(18)19)3-4-7-9(8)16-11(10(14)15)17(7)5-1-2-5/h3-5,10H,1-2H2,(H,18,19). The van der Waals surface area contributed by atoms with Crippen LogP contribution in [0.3, 0.4) is 0 Å². The van der Waals surface area contributed by atoms with Crippen LogP contribution >= 0.6 is 15.9 Å². The first kappa shape index (κ1) is 12.5. The first-order chi connectivity index (χ1) is 9.00. The number of hydrogen-bond donors (Lipinski definition) is 1. The molecular weight excluding hydrogens is 322 g/mol. The molecule has 4 nitrogen and oxygen atoms in total. The monoisotopic (exact) mass is 330 g/mol. The number of carbonyl (C=O) groups is 1. The number of alkyl halides is 2. The smallest absolute Gasteiger partial charge is 0.336 e. The van der Waals surface area contributed by atoms with E-state index in [2.05, 4.69) is 20.9 Å². The van der Waals surface area contributed by atoms with Gasteiger partial charge in [-0.25, -0.2) is 18.6 Å². The Morgan fingerprint density at radius 3 is 2.68 bits per heavy atom. The van der Waals surface area contributed by atoms with Crippen molar-refractivity contribution in [2.45, 2.75) is 25.3 Å². The molecule has 7 heteroatoms. The lowest BCUT2D eigenvalue weighted by molar-refractivity contribution is 0.0696. The molecule has 100 valence electrons. The fourth-order valence-electron chi connectivity index (χ4n) is 2.18. The van der Waals surface area contributed by atoms with Crippen molar-refractivity contribution in [1.82, 2.24) is 9.55 Å². The molecule has 0 spiro atoms. The Kier molecular flexibility index (Phi) is 2.81. The van der Waals surface area contributed by atoms with Crippen LogP contribution in [0.4, 0.5) is 8.78 Å². The third-order valence-corrected chi connectivity index (χ3v) is 3.97. The molecule has 1 heterocycles. The first-order valence-corrected chi connectivity index (χ1v) is 6.51. The van der Waals surface area contributed by atoms with Gasteiger partial charge in [-0.15, -0.1) is 0 Å². The van der Waals surface area contributed by atoms with Gasteiger partial charge in [-0.3, -0.25) is 0 Å². The number of halogens is 3. The van der Waals surface area contributed by atoms with Crippen molar-refractivity contribution in [3.63, 3.8) is 0 Å². The van der Waals surface area contributed by atoms with Crippen LogP contribution < -0.4 is 0 Å². The van der Waals surface area contributed by atoms with Crippen molar-refractivity contribution in [2.24, 2.45) is 0 Å². The van der Waals surface area contributed by atoms with E-state index in [-0.39, 0.29) is 27.4 Å². The van der Waals surface area contributed by atoms with E-state index >= 15 is 0 Å². The lowest BCUT2D eigenvalue weighted by Crippen LogP contribution is -2.02. The highest BCUT2D eigenvalue weighted by molar-refractivity contribution is 9.10. The van der Waals surface area contributed by atoms with Crippen LogP contribution in [-0.2, 0) is 0 Å². The van der Waals surface area contributed by atoms with Crippen LogP contribution in [-0.4, -0.2) is 20.6 Å². The molecule has 1 fully saturated rings. The lowest BCUT2D eigenvalue weighted by Gasteiger charge is -2.06. The summed E-state index contributed by atoms with van der Waals surface area (Å²) in [6.07, 6.45) is -0.972. The molecule has 0 bridgehead atoms. The predicted octanol–water partition coefficient (Wildman–Crippen LogP) is 3.77. The molecule has 1 aliphatic rings. The van der Waals surface area contributed by atoms with E-state index in [0.717, 1.165) is 12.8 Å². The van der Waals surface area contributed by atoms with Crippen LogP contribution in [0, 0.1) is 0 Å². The molecule has 19 heavy (non-hydrogen) atoms. The molecule has 1 aromatic heterocycles. The quantitative estimate of drug-likeness (QED) is 0.931. The fraction of sp³-hybridized carbons (Fsp3) is 0.333. The molecule has 1 N–H and O–H groups in total. The Labute approximate surface area is 115 Å². The van der Waals surface area contributed by atoms with E-state index in [0.29, 0.717) is 5.52 Å². The highest BCUT2D eigenvalue weighted by Gasteiger charge is 2.32. The third kappa shape index (κ3) is 1.92. The summed E-state index contributed by atoms with van der Waals surface area (Å²) in [5.41, 5.74) is 0.852. The summed E-state index contributed by atoms with van der Waals surface area (Å²) in [6.45, 7) is 0. The number of aromatic carboxylic acids is 1. The van der Waals surface area contributed by atoms with Crippen LogP contribution in [0.15, 0.2) is 16.6 Å². The summed E-state index contributed by atoms with van der Waals surface area (Å²) < 4.78 is 27.8. The number of nitrogens with zero attached hydrogens (tertiary/aromatic N) is 2. The average molecular weight is 331 g/mol. The van der Waals surface area contributed by atoms with E-state index in [1.807, 2.05) is 0 Å². The first-order valence-electron chi connectivity index (χ1n) is 5.72. The maximum Gasteiger partial charge on any atom is 0.336 e. The minimum Gasteiger partial charge on any atom is -0.478 e. The van der Waals surface area contributed by atoms with Crippen molar-refractivity contribution in [2.75, 3.05) is 0 Å². The normalized spacial score (nSPS) is 15.4. The maximum absolute atomic E-state index is 13.0. The van der Waals surface area contributed by atoms with Crippen LogP contribution in [0.25, 0.3) is 11.0 Å². The maximum atomic E-state index is 13.0. The van der Waals surface area contributed by atoms with Gasteiger partial charge in [0.1, 0.15) is 5.52 Å². The van der Waals surface area contributed by atoms with Crippen LogP contribution in [0.5, 0.6) is 0 Å². The van der Waals surface area contributed by atoms with Crippen LogP contribution in [0.1, 0.15) is 41.5 Å². The zero-order valence-electron chi connectivity index (χ0n) is 9.61. The van der Waals surface area contributed by atoms with E-state index < -0.39 is 12.4 Å². The van der Waals surface area contributed by atoms with E-state index in [1.54, 1.807) is 6.07 Å². The number of rotatable bonds is 3. The molecule has 0 unspecified atom stereocenters. The van der Waals surface area contributed by atoms with Gasteiger partial charge in [0.15, 0.2) is 5.82 Å². The number of imidazole rings is 1. The largest absolute Gasteiger partial charge is 0.478 e. The highest BCUT2D eigenvalue weighted by atomic mass is 79.9. The van der Waals surface area contributed by atoms with Gasteiger partial charge in [0, 0.05) is 6.04 Å².